The number of aromatic nitrogens is 4. The van der Waals surface area contributed by atoms with E-state index in [4.69, 9.17) is 9.26 Å². The summed E-state index contributed by atoms with van der Waals surface area (Å²) in [7, 11) is 4.00. The van der Waals surface area contributed by atoms with Crippen LogP contribution in [0.15, 0.2) is 52.8 Å². The minimum Gasteiger partial charge on any atom is -0.476 e. The Morgan fingerprint density at radius 3 is 2.75 bits per heavy atom. The molecule has 2 aliphatic rings. The third-order valence-corrected chi connectivity index (χ3v) is 5.44. The van der Waals surface area contributed by atoms with Gasteiger partial charge in [0.15, 0.2) is 5.76 Å². The second-order valence-electron chi connectivity index (χ2n) is 8.60. The van der Waals surface area contributed by atoms with Gasteiger partial charge in [-0.1, -0.05) is 25.1 Å². The fourth-order valence-electron chi connectivity index (χ4n) is 3.48. The van der Waals surface area contributed by atoms with Gasteiger partial charge in [-0.15, -0.1) is 0 Å². The molecular formula is C25H35N9O2. The van der Waals surface area contributed by atoms with E-state index in [9.17, 15) is 0 Å². The molecule has 4 heterocycles. The van der Waals surface area contributed by atoms with Crippen molar-refractivity contribution in [2.45, 2.75) is 39.4 Å². The zero-order chi connectivity index (χ0) is 25.3. The summed E-state index contributed by atoms with van der Waals surface area (Å²) in [5, 5.41) is 10.7. The average molecular weight is 494 g/mol. The van der Waals surface area contributed by atoms with Crippen LogP contribution in [0.2, 0.25) is 0 Å². The molecule has 0 aromatic carbocycles. The highest BCUT2D eigenvalue weighted by Gasteiger charge is 2.30. The fourth-order valence-corrected chi connectivity index (χ4v) is 3.48. The van der Waals surface area contributed by atoms with Gasteiger partial charge in [0.25, 0.3) is 0 Å². The number of nitrogens with one attached hydrogen (secondary N) is 4. The lowest BCUT2D eigenvalue weighted by atomic mass is 10.2. The molecule has 5 rings (SSSR count). The molecule has 1 aliphatic carbocycles. The van der Waals surface area contributed by atoms with E-state index < -0.39 is 0 Å². The molecule has 0 spiro atoms. The van der Waals surface area contributed by atoms with Crippen molar-refractivity contribution in [2.75, 3.05) is 37.9 Å². The van der Waals surface area contributed by atoms with Crippen LogP contribution in [0.3, 0.4) is 0 Å². The molecule has 11 nitrogen and oxygen atoms in total. The predicted octanol–water partition coefficient (Wildman–Crippen LogP) is 3.25. The lowest BCUT2D eigenvalue weighted by Gasteiger charge is -2.15. The number of hydrogen-bond donors (Lipinski definition) is 4. The molecule has 1 fully saturated rings. The Bertz CT molecular complexity index is 1130. The monoisotopic (exact) mass is 493 g/mol. The van der Waals surface area contributed by atoms with E-state index in [1.165, 1.54) is 18.5 Å². The molecule has 0 bridgehead atoms. The molecule has 4 N–H and O–H groups in total. The quantitative estimate of drug-likeness (QED) is 0.314. The first-order valence-electron chi connectivity index (χ1n) is 12.4. The minimum atomic E-state index is -0.0665. The van der Waals surface area contributed by atoms with Crippen molar-refractivity contribution in [2.24, 2.45) is 5.92 Å². The molecule has 3 aromatic heterocycles. The van der Waals surface area contributed by atoms with Crippen molar-refractivity contribution in [3.63, 3.8) is 0 Å². The highest BCUT2D eigenvalue weighted by Crippen LogP contribution is 2.36. The van der Waals surface area contributed by atoms with Crippen LogP contribution in [0, 0.1) is 5.92 Å². The van der Waals surface area contributed by atoms with E-state index in [0.29, 0.717) is 48.2 Å². The van der Waals surface area contributed by atoms with E-state index in [1.807, 2.05) is 52.2 Å². The summed E-state index contributed by atoms with van der Waals surface area (Å²) in [4.78, 5) is 15.5. The molecule has 1 aliphatic heterocycles. The predicted molar refractivity (Wildman–Crippen MR) is 139 cm³/mol. The van der Waals surface area contributed by atoms with Gasteiger partial charge in [-0.3, -0.25) is 4.98 Å². The summed E-state index contributed by atoms with van der Waals surface area (Å²) in [6.45, 7) is 5.67. The largest absolute Gasteiger partial charge is 0.476 e. The van der Waals surface area contributed by atoms with Gasteiger partial charge < -0.3 is 30.2 Å². The molecule has 3 aromatic rings. The molecule has 0 amide bonds. The van der Waals surface area contributed by atoms with E-state index >= 15 is 0 Å². The van der Waals surface area contributed by atoms with Gasteiger partial charge in [-0.05, 0) is 51.1 Å². The summed E-state index contributed by atoms with van der Waals surface area (Å²) in [5.41, 5.74) is 9.17. The molecule has 1 saturated carbocycles. The van der Waals surface area contributed by atoms with Gasteiger partial charge in [0.1, 0.15) is 24.3 Å². The van der Waals surface area contributed by atoms with Crippen molar-refractivity contribution < 1.29 is 9.26 Å². The first-order valence-corrected chi connectivity index (χ1v) is 12.4. The second kappa shape index (κ2) is 12.3. The molecule has 1 unspecified atom stereocenters. The number of pyridine rings is 1. The van der Waals surface area contributed by atoms with E-state index in [2.05, 4.69) is 52.6 Å². The number of rotatable bonds is 11. The van der Waals surface area contributed by atoms with E-state index in [-0.39, 0.29) is 6.17 Å². The lowest BCUT2D eigenvalue weighted by Crippen LogP contribution is -2.37. The first kappa shape index (κ1) is 25.4. The zero-order valence-electron chi connectivity index (χ0n) is 21.3. The fraction of sp³-hybridized carbons (Fsp3) is 0.440. The Morgan fingerprint density at radius 2 is 2.00 bits per heavy atom. The normalized spacial score (nSPS) is 16.6. The SMILES string of the molecule is CC.CN(C)CCOc1cc(NC2C=C(C3CC3)NN2)nc(NCc2cc(-c3ccccn3)no2)n1. The molecule has 1 atom stereocenters. The Labute approximate surface area is 211 Å². The van der Waals surface area contributed by atoms with Crippen LogP contribution in [0.4, 0.5) is 11.8 Å². The van der Waals surface area contributed by atoms with Crippen LogP contribution in [-0.4, -0.2) is 58.4 Å². The number of anilines is 2. The number of nitrogens with zero attached hydrogens (tertiary/aromatic N) is 5. The summed E-state index contributed by atoms with van der Waals surface area (Å²) < 4.78 is 11.3. The summed E-state index contributed by atoms with van der Waals surface area (Å²) in [6, 6.07) is 9.32. The van der Waals surface area contributed by atoms with Crippen LogP contribution in [0.5, 0.6) is 5.88 Å². The Balaban J connectivity index is 0.00000148. The summed E-state index contributed by atoms with van der Waals surface area (Å²) in [6.07, 6.45) is 6.30. The van der Waals surface area contributed by atoms with Crippen LogP contribution < -0.4 is 26.2 Å². The maximum absolute atomic E-state index is 5.88. The van der Waals surface area contributed by atoms with Crippen molar-refractivity contribution in [1.29, 1.82) is 0 Å². The Morgan fingerprint density at radius 1 is 1.14 bits per heavy atom. The maximum Gasteiger partial charge on any atom is 0.228 e. The van der Waals surface area contributed by atoms with Gasteiger partial charge in [0.2, 0.25) is 11.8 Å². The molecular weight excluding hydrogens is 458 g/mol. The minimum absolute atomic E-state index is 0.0665. The van der Waals surface area contributed by atoms with Crippen LogP contribution in [0.1, 0.15) is 32.4 Å². The molecule has 0 saturated heterocycles. The maximum atomic E-state index is 5.88. The lowest BCUT2D eigenvalue weighted by molar-refractivity contribution is 0.254. The smallest absolute Gasteiger partial charge is 0.228 e. The van der Waals surface area contributed by atoms with Crippen LogP contribution in [-0.2, 0) is 6.54 Å². The standard InChI is InChI=1S/C23H29N9O2.C2H6/c1-32(2)9-10-33-22-13-20(26-21-12-18(29-30-21)15-6-7-15)27-23(28-22)25-14-16-11-19(31-34-16)17-5-3-4-8-24-17;1-2/h3-5,8,11-13,15,21,29-30H,6-7,9-10,14H2,1-2H3,(H2,25,26,27,28);1-2H3. The van der Waals surface area contributed by atoms with Crippen molar-refractivity contribution in [1.82, 2.24) is 35.9 Å². The second-order valence-corrected chi connectivity index (χ2v) is 8.60. The highest BCUT2D eigenvalue weighted by molar-refractivity contribution is 5.53. The summed E-state index contributed by atoms with van der Waals surface area (Å²) in [5.74, 6) is 2.86. The van der Waals surface area contributed by atoms with Gasteiger partial charge in [0, 0.05) is 30.6 Å². The van der Waals surface area contributed by atoms with Crippen LogP contribution in [0.25, 0.3) is 11.4 Å². The molecule has 192 valence electrons. The first-order chi connectivity index (χ1) is 17.6. The van der Waals surface area contributed by atoms with Crippen molar-refractivity contribution in [3.05, 3.63) is 54.1 Å². The molecule has 36 heavy (non-hydrogen) atoms. The third-order valence-electron chi connectivity index (χ3n) is 5.44. The number of allylic oxidation sites excluding steroid dienone is 1. The zero-order valence-corrected chi connectivity index (χ0v) is 21.3. The Kier molecular flexibility index (Phi) is 8.69. The Hall–Kier alpha value is -3.70. The van der Waals surface area contributed by atoms with Gasteiger partial charge in [-0.25, -0.2) is 5.43 Å². The van der Waals surface area contributed by atoms with E-state index in [1.54, 1.807) is 12.3 Å². The summed E-state index contributed by atoms with van der Waals surface area (Å²) >= 11 is 0. The number of hydrogen-bond acceptors (Lipinski definition) is 11. The number of likely N-dealkylation sites (N-methyl/N-ethyl adjacent to an activating group) is 1. The van der Waals surface area contributed by atoms with Gasteiger partial charge >= 0.3 is 0 Å². The molecule has 11 heteroatoms. The topological polar surface area (TPSA) is 125 Å². The van der Waals surface area contributed by atoms with Gasteiger partial charge in [0.05, 0.1) is 12.2 Å². The number of hydrazine groups is 1. The number of ether oxygens (including phenoxy) is 1. The average Bonchev–Trinajstić information content (AvgIpc) is 3.45. The molecule has 0 radical (unpaired) electrons. The van der Waals surface area contributed by atoms with Crippen LogP contribution >= 0.6 is 0 Å². The van der Waals surface area contributed by atoms with Crippen molar-refractivity contribution in [3.8, 4) is 17.3 Å². The highest BCUT2D eigenvalue weighted by atomic mass is 16.5. The third kappa shape index (κ3) is 7.15. The van der Waals surface area contributed by atoms with E-state index in [0.717, 1.165) is 12.2 Å². The van der Waals surface area contributed by atoms with Gasteiger partial charge in [-0.2, -0.15) is 9.97 Å². The van der Waals surface area contributed by atoms with Crippen molar-refractivity contribution >= 4 is 11.8 Å².